The van der Waals surface area contributed by atoms with E-state index in [0.717, 1.165) is 99.8 Å². The Bertz CT molecular complexity index is 1350. The number of alkyl carbamates (subject to hydrolysis) is 2. The van der Waals surface area contributed by atoms with Crippen LogP contribution in [0.15, 0.2) is 11.6 Å². The van der Waals surface area contributed by atoms with E-state index in [9.17, 15) is 14.4 Å². The van der Waals surface area contributed by atoms with E-state index in [0.29, 0.717) is 24.9 Å². The van der Waals surface area contributed by atoms with E-state index in [1.807, 2.05) is 41.5 Å². The first kappa shape index (κ1) is 48.4. The molecule has 9 heteroatoms. The average Bonchev–Trinajstić information content (AvgIpc) is 3.47. The van der Waals surface area contributed by atoms with Crippen molar-refractivity contribution in [3.63, 3.8) is 0 Å². The lowest BCUT2D eigenvalue weighted by molar-refractivity contribution is -0.154. The van der Waals surface area contributed by atoms with Gasteiger partial charge in [0.25, 0.3) is 0 Å². The van der Waals surface area contributed by atoms with Crippen molar-refractivity contribution in [3.05, 3.63) is 11.6 Å². The Morgan fingerprint density at radius 3 is 1.97 bits per heavy atom. The molecule has 0 bridgehead atoms. The number of hydrogen-bond donors (Lipinski definition) is 3. The Kier molecular flexibility index (Phi) is 17.9. The van der Waals surface area contributed by atoms with Crippen molar-refractivity contribution in [1.82, 2.24) is 16.0 Å². The number of allylic oxidation sites excluding steroid dienone is 1. The van der Waals surface area contributed by atoms with Gasteiger partial charge in [-0.05, 0) is 171 Å². The lowest BCUT2D eigenvalue weighted by Crippen LogP contribution is -2.51. The van der Waals surface area contributed by atoms with Gasteiger partial charge in [0.2, 0.25) is 0 Å². The molecule has 0 spiro atoms. The first-order valence-corrected chi connectivity index (χ1v) is 23.8. The fourth-order valence-corrected chi connectivity index (χ4v) is 11.7. The SMILES string of the molecule is CC(C)CCCC(C)[C@H]1CC[C@H]2[C@@H]3CC=C4C[C@@H](OC(=O)C(CCCCNC(=O)OC(C)(C)C)NCCCCCCNC(=O)OC(C)(C)C)CC[C@]4(C)[C@H]3CC[C@]12C. The number of esters is 1. The molecule has 0 heterocycles. The standard InChI is InChI=1S/C49H87N3O6/c1-34(2)19-18-20-35(3)39-24-25-40-38-23-22-36-33-37(26-28-48(36,10)41(38)27-29-49(39,40)11)56-43(53)42(21-14-17-32-52-45(55)58-47(7,8)9)50-30-15-12-13-16-31-51-44(54)57-46(4,5)6/h22,34-35,37-42,50H,12-21,23-33H2,1-11H3,(H,51,54)(H,52,55)/t35?,37-,38-,39+,40-,41-,42?,48-,49+/m0/s1. The van der Waals surface area contributed by atoms with E-state index in [4.69, 9.17) is 14.2 Å². The number of unbranched alkanes of at least 4 members (excludes halogenated alkanes) is 4. The highest BCUT2D eigenvalue weighted by Crippen LogP contribution is 2.67. The number of fused-ring (bicyclic) bond motifs is 5. The zero-order valence-corrected chi connectivity index (χ0v) is 39.0. The summed E-state index contributed by atoms with van der Waals surface area (Å²) in [5.74, 6) is 4.73. The van der Waals surface area contributed by atoms with E-state index in [-0.39, 0.29) is 29.6 Å². The lowest BCUT2D eigenvalue weighted by Gasteiger charge is -2.58. The van der Waals surface area contributed by atoms with Gasteiger partial charge in [-0.3, -0.25) is 4.79 Å². The first-order chi connectivity index (χ1) is 27.2. The summed E-state index contributed by atoms with van der Waals surface area (Å²) in [5, 5.41) is 9.22. The van der Waals surface area contributed by atoms with Crippen LogP contribution in [-0.4, -0.2) is 61.1 Å². The molecule has 3 N–H and O–H groups in total. The molecule has 0 aromatic heterocycles. The molecule has 2 amide bonds. The molecule has 0 saturated heterocycles. The monoisotopic (exact) mass is 814 g/mol. The van der Waals surface area contributed by atoms with E-state index in [1.165, 1.54) is 51.4 Å². The van der Waals surface area contributed by atoms with Crippen LogP contribution in [0.1, 0.15) is 192 Å². The van der Waals surface area contributed by atoms with Gasteiger partial charge in [-0.2, -0.15) is 0 Å². The summed E-state index contributed by atoms with van der Waals surface area (Å²) in [6, 6.07) is -0.382. The third-order valence-corrected chi connectivity index (χ3v) is 14.6. The second-order valence-corrected chi connectivity index (χ2v) is 21.9. The Balaban J connectivity index is 1.28. The molecule has 0 radical (unpaired) electrons. The summed E-state index contributed by atoms with van der Waals surface area (Å²) in [6.45, 7) is 25.5. The Labute approximate surface area is 354 Å². The van der Waals surface area contributed by atoms with Crippen molar-refractivity contribution >= 4 is 18.2 Å². The number of rotatable bonds is 20. The highest BCUT2D eigenvalue weighted by Gasteiger charge is 2.59. The van der Waals surface area contributed by atoms with Crippen molar-refractivity contribution in [2.24, 2.45) is 46.3 Å². The normalized spacial score (nSPS) is 29.3. The predicted molar refractivity (Wildman–Crippen MR) is 236 cm³/mol. The maximum absolute atomic E-state index is 13.9. The predicted octanol–water partition coefficient (Wildman–Crippen LogP) is 11.7. The minimum atomic E-state index is -0.536. The molecule has 0 aliphatic heterocycles. The van der Waals surface area contributed by atoms with Crippen LogP contribution in [0.3, 0.4) is 0 Å². The Hall–Kier alpha value is -2.29. The van der Waals surface area contributed by atoms with Gasteiger partial charge >= 0.3 is 18.2 Å². The molecule has 4 aliphatic carbocycles. The maximum Gasteiger partial charge on any atom is 0.407 e. The molecular weight excluding hydrogens is 727 g/mol. The first-order valence-electron chi connectivity index (χ1n) is 23.8. The molecular formula is C49H87N3O6. The van der Waals surface area contributed by atoms with E-state index in [2.05, 4.69) is 56.6 Å². The van der Waals surface area contributed by atoms with Crippen molar-refractivity contribution in [2.75, 3.05) is 19.6 Å². The maximum atomic E-state index is 13.9. The van der Waals surface area contributed by atoms with E-state index >= 15 is 0 Å². The molecule has 0 aromatic rings. The third-order valence-electron chi connectivity index (χ3n) is 14.6. The highest BCUT2D eigenvalue weighted by molar-refractivity contribution is 5.76. The molecule has 2 unspecified atom stereocenters. The minimum Gasteiger partial charge on any atom is -0.461 e. The third kappa shape index (κ3) is 14.1. The summed E-state index contributed by atoms with van der Waals surface area (Å²) in [7, 11) is 0. The van der Waals surface area contributed by atoms with Gasteiger partial charge in [0.1, 0.15) is 23.3 Å². The van der Waals surface area contributed by atoms with Gasteiger partial charge in [-0.15, -0.1) is 0 Å². The fourth-order valence-electron chi connectivity index (χ4n) is 11.7. The zero-order chi connectivity index (χ0) is 42.7. The van der Waals surface area contributed by atoms with Gasteiger partial charge in [-0.1, -0.05) is 78.4 Å². The average molecular weight is 814 g/mol. The topological polar surface area (TPSA) is 115 Å². The van der Waals surface area contributed by atoms with Crippen molar-refractivity contribution in [2.45, 2.75) is 215 Å². The summed E-state index contributed by atoms with van der Waals surface area (Å²) in [6.07, 6.45) is 21.5. The number of nitrogens with one attached hydrogen (secondary N) is 3. The largest absolute Gasteiger partial charge is 0.461 e. The van der Waals surface area contributed by atoms with Gasteiger partial charge in [0.05, 0.1) is 0 Å². The molecule has 9 atom stereocenters. The van der Waals surface area contributed by atoms with Crippen LogP contribution in [0, 0.1) is 46.3 Å². The van der Waals surface area contributed by atoms with E-state index in [1.54, 1.807) is 5.57 Å². The summed E-state index contributed by atoms with van der Waals surface area (Å²) >= 11 is 0. The Morgan fingerprint density at radius 2 is 1.34 bits per heavy atom. The lowest BCUT2D eigenvalue weighted by atomic mass is 9.47. The number of ether oxygens (including phenoxy) is 3. The van der Waals surface area contributed by atoms with Crippen LogP contribution >= 0.6 is 0 Å². The van der Waals surface area contributed by atoms with Crippen LogP contribution in [0.5, 0.6) is 0 Å². The molecule has 3 saturated carbocycles. The fraction of sp³-hybridized carbons (Fsp3) is 0.898. The smallest absolute Gasteiger partial charge is 0.407 e. The van der Waals surface area contributed by atoms with Crippen molar-refractivity contribution in [3.8, 4) is 0 Å². The van der Waals surface area contributed by atoms with Crippen LogP contribution in [-0.2, 0) is 19.0 Å². The van der Waals surface area contributed by atoms with Crippen molar-refractivity contribution in [1.29, 1.82) is 0 Å². The highest BCUT2D eigenvalue weighted by atomic mass is 16.6. The minimum absolute atomic E-state index is 0.0737. The van der Waals surface area contributed by atoms with Gasteiger partial charge in [0.15, 0.2) is 0 Å². The van der Waals surface area contributed by atoms with Crippen LogP contribution in [0.4, 0.5) is 9.59 Å². The van der Waals surface area contributed by atoms with Crippen molar-refractivity contribution < 1.29 is 28.6 Å². The van der Waals surface area contributed by atoms with Gasteiger partial charge < -0.3 is 30.2 Å². The van der Waals surface area contributed by atoms with Gasteiger partial charge in [0, 0.05) is 19.5 Å². The molecule has 9 nitrogen and oxygen atoms in total. The number of carbonyl (C=O) groups excluding carboxylic acids is 3. The van der Waals surface area contributed by atoms with Crippen LogP contribution in [0.25, 0.3) is 0 Å². The second kappa shape index (κ2) is 21.5. The summed E-state index contributed by atoms with van der Waals surface area (Å²) in [4.78, 5) is 37.9. The van der Waals surface area contributed by atoms with E-state index < -0.39 is 17.3 Å². The molecule has 58 heavy (non-hydrogen) atoms. The second-order valence-electron chi connectivity index (χ2n) is 21.9. The van der Waals surface area contributed by atoms with Crippen LogP contribution in [0.2, 0.25) is 0 Å². The number of hydrogen-bond acceptors (Lipinski definition) is 7. The summed E-state index contributed by atoms with van der Waals surface area (Å²) < 4.78 is 17.1. The Morgan fingerprint density at radius 1 is 0.724 bits per heavy atom. The molecule has 4 rings (SSSR count). The molecule has 0 aromatic carbocycles. The quantitative estimate of drug-likeness (QED) is 0.0485. The zero-order valence-electron chi connectivity index (χ0n) is 39.0. The number of amides is 2. The van der Waals surface area contributed by atoms with Gasteiger partial charge in [-0.25, -0.2) is 9.59 Å². The molecule has 334 valence electrons. The molecule has 3 fully saturated rings. The summed E-state index contributed by atoms with van der Waals surface area (Å²) in [5.41, 5.74) is 1.22. The van der Waals surface area contributed by atoms with Crippen LogP contribution < -0.4 is 16.0 Å². The number of carbonyl (C=O) groups is 3. The molecule has 4 aliphatic rings.